The van der Waals surface area contributed by atoms with Crippen molar-refractivity contribution in [2.45, 2.75) is 25.1 Å². The number of amides is 1. The van der Waals surface area contributed by atoms with Crippen molar-refractivity contribution in [3.05, 3.63) is 40.9 Å². The molecular formula is C22H26F3N3O3S. The summed E-state index contributed by atoms with van der Waals surface area (Å²) >= 11 is 1.31. The molecule has 10 heteroatoms. The molecule has 174 valence electrons. The summed E-state index contributed by atoms with van der Waals surface area (Å²) in [6.07, 6.45) is -3.25. The van der Waals surface area contributed by atoms with E-state index in [-0.39, 0.29) is 18.4 Å². The summed E-state index contributed by atoms with van der Waals surface area (Å²) in [5.74, 6) is 0.269. The van der Waals surface area contributed by atoms with Gasteiger partial charge in [-0.2, -0.15) is 13.2 Å². The highest BCUT2D eigenvalue weighted by Crippen LogP contribution is 2.31. The van der Waals surface area contributed by atoms with E-state index in [0.29, 0.717) is 48.5 Å². The van der Waals surface area contributed by atoms with Crippen LogP contribution < -0.4 is 5.32 Å². The maximum atomic E-state index is 12.7. The lowest BCUT2D eigenvalue weighted by Crippen LogP contribution is -2.52. The number of nitrogens with one attached hydrogen (secondary N) is 1. The standard InChI is InChI=1S/C22H26F3N3O3S/c23-22(24,25)17-3-1-15(2-4-17)21-27-18(14-32-21)11-20(29)26-12-19(16-5-8-31-13-16)28-6-9-30-10-7-28/h1-4,14,16,19H,5-13H2,(H,26,29). The molecule has 0 aliphatic carbocycles. The Labute approximate surface area is 188 Å². The molecule has 1 aromatic carbocycles. The topological polar surface area (TPSA) is 63.7 Å². The number of rotatable bonds is 7. The maximum absolute atomic E-state index is 12.7. The van der Waals surface area contributed by atoms with Gasteiger partial charge in [-0.3, -0.25) is 9.69 Å². The average molecular weight is 470 g/mol. The average Bonchev–Trinajstić information content (AvgIpc) is 3.47. The predicted molar refractivity (Wildman–Crippen MR) is 114 cm³/mol. The summed E-state index contributed by atoms with van der Waals surface area (Å²) in [6.45, 7) is 5.10. The molecule has 2 saturated heterocycles. The first kappa shape index (κ1) is 23.2. The van der Waals surface area contributed by atoms with Gasteiger partial charge in [0.25, 0.3) is 0 Å². The highest BCUT2D eigenvalue weighted by molar-refractivity contribution is 7.13. The summed E-state index contributed by atoms with van der Waals surface area (Å²) in [7, 11) is 0. The van der Waals surface area contributed by atoms with Crippen molar-refractivity contribution >= 4 is 17.2 Å². The highest BCUT2D eigenvalue weighted by Gasteiger charge is 2.32. The minimum absolute atomic E-state index is 0.119. The molecule has 2 aromatic rings. The Bertz CT molecular complexity index is 892. The van der Waals surface area contributed by atoms with E-state index in [2.05, 4.69) is 15.2 Å². The van der Waals surface area contributed by atoms with Crippen LogP contribution in [-0.2, 0) is 26.9 Å². The molecule has 4 rings (SSSR count). The predicted octanol–water partition coefficient (Wildman–Crippen LogP) is 3.22. The van der Waals surface area contributed by atoms with E-state index in [4.69, 9.17) is 9.47 Å². The van der Waals surface area contributed by atoms with Crippen molar-refractivity contribution in [2.24, 2.45) is 5.92 Å². The van der Waals surface area contributed by atoms with Gasteiger partial charge in [-0.15, -0.1) is 11.3 Å². The lowest BCUT2D eigenvalue weighted by molar-refractivity contribution is -0.137. The number of benzene rings is 1. The van der Waals surface area contributed by atoms with Crippen molar-refractivity contribution in [3.63, 3.8) is 0 Å². The van der Waals surface area contributed by atoms with Crippen LogP contribution >= 0.6 is 11.3 Å². The van der Waals surface area contributed by atoms with Gasteiger partial charge in [-0.25, -0.2) is 4.98 Å². The number of carbonyl (C=O) groups excluding carboxylic acids is 1. The Morgan fingerprint density at radius 3 is 2.59 bits per heavy atom. The number of carbonyl (C=O) groups is 1. The van der Waals surface area contributed by atoms with Crippen molar-refractivity contribution < 1.29 is 27.4 Å². The van der Waals surface area contributed by atoms with Crippen LogP contribution in [0.5, 0.6) is 0 Å². The summed E-state index contributed by atoms with van der Waals surface area (Å²) in [4.78, 5) is 19.4. The molecule has 2 fully saturated rings. The third-order valence-corrected chi connectivity index (χ3v) is 6.82. The van der Waals surface area contributed by atoms with Gasteiger partial charge in [0.1, 0.15) is 5.01 Å². The molecule has 32 heavy (non-hydrogen) atoms. The van der Waals surface area contributed by atoms with Crippen LogP contribution in [0.3, 0.4) is 0 Å². The molecule has 0 bridgehead atoms. The molecule has 0 radical (unpaired) electrons. The molecule has 6 nitrogen and oxygen atoms in total. The molecule has 0 spiro atoms. The van der Waals surface area contributed by atoms with Gasteiger partial charge in [0.2, 0.25) is 5.91 Å². The monoisotopic (exact) mass is 469 g/mol. The van der Waals surface area contributed by atoms with Crippen LogP contribution in [0.25, 0.3) is 10.6 Å². The normalized spacial score (nSPS) is 20.9. The molecule has 2 unspecified atom stereocenters. The van der Waals surface area contributed by atoms with Gasteiger partial charge in [0.05, 0.1) is 37.5 Å². The number of morpholine rings is 1. The van der Waals surface area contributed by atoms with E-state index in [1.165, 1.54) is 23.5 Å². The van der Waals surface area contributed by atoms with Crippen molar-refractivity contribution in [1.29, 1.82) is 0 Å². The van der Waals surface area contributed by atoms with Crippen LogP contribution in [0.15, 0.2) is 29.6 Å². The zero-order valence-corrected chi connectivity index (χ0v) is 18.4. The molecule has 2 atom stereocenters. The molecule has 2 aliphatic rings. The molecule has 1 aromatic heterocycles. The fourth-order valence-corrected chi connectivity index (χ4v) is 4.95. The van der Waals surface area contributed by atoms with Gasteiger partial charge in [0, 0.05) is 49.1 Å². The summed E-state index contributed by atoms with van der Waals surface area (Å²) in [6, 6.07) is 5.11. The second-order valence-corrected chi connectivity index (χ2v) is 8.90. The third-order valence-electron chi connectivity index (χ3n) is 5.88. The Balaban J connectivity index is 1.33. The number of halogens is 3. The van der Waals surface area contributed by atoms with Crippen molar-refractivity contribution in [2.75, 3.05) is 46.1 Å². The van der Waals surface area contributed by atoms with Crippen molar-refractivity contribution in [1.82, 2.24) is 15.2 Å². The lowest BCUT2D eigenvalue weighted by Gasteiger charge is -2.37. The SMILES string of the molecule is O=C(Cc1csc(-c2ccc(C(F)(F)F)cc2)n1)NCC(C1CCOC1)N1CCOCC1. The molecule has 1 N–H and O–H groups in total. The number of aromatic nitrogens is 1. The quantitative estimate of drug-likeness (QED) is 0.675. The zero-order valence-electron chi connectivity index (χ0n) is 17.6. The fraction of sp³-hybridized carbons (Fsp3) is 0.545. The number of ether oxygens (including phenoxy) is 2. The first-order chi connectivity index (χ1) is 15.4. The Kier molecular flexibility index (Phi) is 7.44. The second-order valence-electron chi connectivity index (χ2n) is 8.04. The van der Waals surface area contributed by atoms with E-state index in [1.54, 1.807) is 5.38 Å². The second kappa shape index (κ2) is 10.3. The Morgan fingerprint density at radius 2 is 1.94 bits per heavy atom. The molecular weight excluding hydrogens is 443 g/mol. The van der Waals surface area contributed by atoms with Gasteiger partial charge in [-0.05, 0) is 18.6 Å². The molecule has 1 amide bonds. The van der Waals surface area contributed by atoms with Gasteiger partial charge < -0.3 is 14.8 Å². The molecule has 0 saturated carbocycles. The largest absolute Gasteiger partial charge is 0.416 e. The number of alkyl halides is 3. The zero-order chi connectivity index (χ0) is 22.6. The fourth-order valence-electron chi connectivity index (χ4n) is 4.13. The van der Waals surface area contributed by atoms with Crippen LogP contribution in [0, 0.1) is 5.92 Å². The first-order valence-electron chi connectivity index (χ1n) is 10.7. The minimum atomic E-state index is -4.37. The maximum Gasteiger partial charge on any atom is 0.416 e. The van der Waals surface area contributed by atoms with Gasteiger partial charge >= 0.3 is 6.18 Å². The number of nitrogens with zero attached hydrogens (tertiary/aromatic N) is 2. The van der Waals surface area contributed by atoms with E-state index in [9.17, 15) is 18.0 Å². The molecule has 2 aliphatic heterocycles. The summed E-state index contributed by atoms with van der Waals surface area (Å²) in [5, 5.41) is 5.41. The van der Waals surface area contributed by atoms with Gasteiger partial charge in [0.15, 0.2) is 0 Å². The van der Waals surface area contributed by atoms with E-state index >= 15 is 0 Å². The number of hydrogen-bond acceptors (Lipinski definition) is 6. The van der Waals surface area contributed by atoms with Crippen LogP contribution in [0.1, 0.15) is 17.7 Å². The van der Waals surface area contributed by atoms with E-state index < -0.39 is 11.7 Å². The summed E-state index contributed by atoms with van der Waals surface area (Å²) < 4.78 is 49.2. The van der Waals surface area contributed by atoms with E-state index in [0.717, 1.165) is 38.2 Å². The minimum Gasteiger partial charge on any atom is -0.381 e. The van der Waals surface area contributed by atoms with E-state index in [1.807, 2.05) is 0 Å². The first-order valence-corrected chi connectivity index (χ1v) is 11.6. The Morgan fingerprint density at radius 1 is 1.19 bits per heavy atom. The number of hydrogen-bond donors (Lipinski definition) is 1. The van der Waals surface area contributed by atoms with Crippen LogP contribution in [0.4, 0.5) is 13.2 Å². The Hall–Kier alpha value is -2.01. The highest BCUT2D eigenvalue weighted by atomic mass is 32.1. The number of thiazole rings is 1. The molecule has 3 heterocycles. The van der Waals surface area contributed by atoms with Gasteiger partial charge in [-0.1, -0.05) is 12.1 Å². The van der Waals surface area contributed by atoms with Crippen LogP contribution in [0.2, 0.25) is 0 Å². The van der Waals surface area contributed by atoms with Crippen LogP contribution in [-0.4, -0.2) is 67.9 Å². The third kappa shape index (κ3) is 5.86. The smallest absolute Gasteiger partial charge is 0.381 e. The van der Waals surface area contributed by atoms with Crippen molar-refractivity contribution in [3.8, 4) is 10.6 Å². The summed E-state index contributed by atoms with van der Waals surface area (Å²) in [5.41, 5.74) is 0.512. The lowest BCUT2D eigenvalue weighted by atomic mass is 9.97.